The average molecular weight is 427 g/mol. The first kappa shape index (κ1) is 19.0. The lowest BCUT2D eigenvalue weighted by Crippen LogP contribution is -2.33. The highest BCUT2D eigenvalue weighted by atomic mass is 32.1. The number of benzene rings is 3. The minimum atomic E-state index is -0.419. The van der Waals surface area contributed by atoms with Gasteiger partial charge in [-0.3, -0.25) is 10.1 Å². The molecule has 0 unspecified atom stereocenters. The molecular weight excluding hydrogens is 410 g/mol. The van der Waals surface area contributed by atoms with Crippen LogP contribution in [0.3, 0.4) is 0 Å². The van der Waals surface area contributed by atoms with E-state index in [2.05, 4.69) is 15.6 Å². The number of carbonyl (C=O) groups is 1. The number of furan rings is 1. The van der Waals surface area contributed by atoms with Crippen LogP contribution in [0.25, 0.3) is 33.5 Å². The first-order chi connectivity index (χ1) is 15.0. The molecule has 5 aromatic rings. The van der Waals surface area contributed by atoms with Crippen LogP contribution in [0.15, 0.2) is 81.6 Å². The van der Waals surface area contributed by atoms with E-state index >= 15 is 0 Å². The zero-order valence-electron chi connectivity index (χ0n) is 16.5. The number of fused-ring (bicyclic) bond motifs is 2. The van der Waals surface area contributed by atoms with Gasteiger partial charge in [0, 0.05) is 16.6 Å². The molecule has 0 fully saturated rings. The van der Waals surface area contributed by atoms with Crippen LogP contribution in [-0.4, -0.2) is 16.0 Å². The summed E-state index contributed by atoms with van der Waals surface area (Å²) in [6.07, 6.45) is 0. The molecular formula is C24H17N3O3S. The second kappa shape index (κ2) is 7.70. The number of hydrogen-bond acceptors (Lipinski definition) is 5. The van der Waals surface area contributed by atoms with Crippen LogP contribution in [0.4, 0.5) is 5.69 Å². The lowest BCUT2D eigenvalue weighted by molar-refractivity contribution is 0.0953. The number of oxazole rings is 1. The minimum Gasteiger partial charge on any atom is -0.451 e. The van der Waals surface area contributed by atoms with Gasteiger partial charge in [-0.15, -0.1) is 0 Å². The average Bonchev–Trinajstić information content (AvgIpc) is 3.37. The molecule has 0 atom stereocenters. The number of thiocarbonyl (C=S) groups is 1. The van der Waals surface area contributed by atoms with E-state index in [-0.39, 0.29) is 10.9 Å². The molecule has 2 N–H and O–H groups in total. The van der Waals surface area contributed by atoms with E-state index in [4.69, 9.17) is 21.1 Å². The molecule has 7 heteroatoms. The maximum Gasteiger partial charge on any atom is 0.293 e. The number of anilines is 1. The molecule has 0 saturated carbocycles. The maximum atomic E-state index is 12.5. The molecule has 0 spiro atoms. The van der Waals surface area contributed by atoms with Crippen molar-refractivity contribution in [3.8, 4) is 11.5 Å². The van der Waals surface area contributed by atoms with Crippen molar-refractivity contribution in [3.63, 3.8) is 0 Å². The molecule has 0 radical (unpaired) electrons. The van der Waals surface area contributed by atoms with Gasteiger partial charge in [-0.2, -0.15) is 0 Å². The first-order valence-electron chi connectivity index (χ1n) is 9.64. The molecule has 2 heterocycles. The molecule has 1 amide bonds. The fraction of sp³-hybridized carbons (Fsp3) is 0.0417. The fourth-order valence-corrected chi connectivity index (χ4v) is 3.54. The predicted octanol–water partition coefficient (Wildman–Crippen LogP) is 5.68. The van der Waals surface area contributed by atoms with Crippen molar-refractivity contribution in [1.82, 2.24) is 10.3 Å². The third kappa shape index (κ3) is 3.91. The molecule has 0 aliphatic rings. The van der Waals surface area contributed by atoms with Crippen LogP contribution in [0.1, 0.15) is 16.1 Å². The van der Waals surface area contributed by atoms with Crippen molar-refractivity contribution in [1.29, 1.82) is 0 Å². The minimum absolute atomic E-state index is 0.159. The van der Waals surface area contributed by atoms with Crippen molar-refractivity contribution in [2.75, 3.05) is 5.32 Å². The van der Waals surface area contributed by atoms with Crippen molar-refractivity contribution < 1.29 is 13.6 Å². The molecule has 0 aliphatic carbocycles. The van der Waals surface area contributed by atoms with Crippen LogP contribution in [0.5, 0.6) is 0 Å². The van der Waals surface area contributed by atoms with Crippen molar-refractivity contribution in [2.45, 2.75) is 6.92 Å². The highest BCUT2D eigenvalue weighted by Crippen LogP contribution is 2.26. The SMILES string of the molecule is Cc1cccc(-c2nc3cc(NC(=S)NC(=O)c4cc5ccccc5o4)ccc3o2)c1. The highest BCUT2D eigenvalue weighted by Gasteiger charge is 2.14. The van der Waals surface area contributed by atoms with Gasteiger partial charge in [-0.25, -0.2) is 4.98 Å². The fourth-order valence-electron chi connectivity index (χ4n) is 3.33. The molecule has 3 aromatic carbocycles. The zero-order chi connectivity index (χ0) is 21.4. The van der Waals surface area contributed by atoms with Crippen LogP contribution in [-0.2, 0) is 0 Å². The molecule has 5 rings (SSSR count). The Morgan fingerprint density at radius 3 is 2.65 bits per heavy atom. The van der Waals surface area contributed by atoms with E-state index < -0.39 is 5.91 Å². The Morgan fingerprint density at radius 2 is 1.81 bits per heavy atom. The van der Waals surface area contributed by atoms with Gasteiger partial charge in [-0.1, -0.05) is 35.9 Å². The predicted molar refractivity (Wildman–Crippen MR) is 124 cm³/mol. The number of carbonyl (C=O) groups excluding carboxylic acids is 1. The zero-order valence-corrected chi connectivity index (χ0v) is 17.3. The molecule has 0 aliphatic heterocycles. The molecule has 0 saturated heterocycles. The van der Waals surface area contributed by atoms with Crippen LogP contribution < -0.4 is 10.6 Å². The summed E-state index contributed by atoms with van der Waals surface area (Å²) >= 11 is 5.28. The van der Waals surface area contributed by atoms with Crippen LogP contribution in [0.2, 0.25) is 0 Å². The summed E-state index contributed by atoms with van der Waals surface area (Å²) in [4.78, 5) is 17.0. The van der Waals surface area contributed by atoms with E-state index in [0.29, 0.717) is 28.3 Å². The Labute approximate surface area is 182 Å². The first-order valence-corrected chi connectivity index (χ1v) is 10.0. The van der Waals surface area contributed by atoms with Gasteiger partial charge in [0.25, 0.3) is 5.91 Å². The number of nitrogens with zero attached hydrogens (tertiary/aromatic N) is 1. The third-order valence-electron chi connectivity index (χ3n) is 4.79. The second-order valence-electron chi connectivity index (χ2n) is 7.13. The maximum absolute atomic E-state index is 12.5. The van der Waals surface area contributed by atoms with Crippen molar-refractivity contribution >= 4 is 51.0 Å². The number of hydrogen-bond donors (Lipinski definition) is 2. The summed E-state index contributed by atoms with van der Waals surface area (Å²) < 4.78 is 11.4. The van der Waals surface area contributed by atoms with Gasteiger partial charge in [0.05, 0.1) is 0 Å². The Kier molecular flexibility index (Phi) is 4.72. The van der Waals surface area contributed by atoms with Gasteiger partial charge < -0.3 is 14.2 Å². The van der Waals surface area contributed by atoms with E-state index in [0.717, 1.165) is 16.5 Å². The van der Waals surface area contributed by atoms with Gasteiger partial charge in [0.15, 0.2) is 16.5 Å². The van der Waals surface area contributed by atoms with Gasteiger partial charge in [-0.05, 0) is 61.6 Å². The summed E-state index contributed by atoms with van der Waals surface area (Å²) in [7, 11) is 0. The summed E-state index contributed by atoms with van der Waals surface area (Å²) in [5.41, 5.74) is 4.73. The molecule has 0 bridgehead atoms. The number of rotatable bonds is 3. The smallest absolute Gasteiger partial charge is 0.293 e. The molecule has 6 nitrogen and oxygen atoms in total. The lowest BCUT2D eigenvalue weighted by atomic mass is 10.1. The summed E-state index contributed by atoms with van der Waals surface area (Å²) in [5, 5.41) is 6.65. The normalized spacial score (nSPS) is 11.0. The van der Waals surface area contributed by atoms with E-state index in [1.807, 2.05) is 67.6 Å². The van der Waals surface area contributed by atoms with E-state index in [1.165, 1.54) is 0 Å². The van der Waals surface area contributed by atoms with E-state index in [9.17, 15) is 4.79 Å². The Hall–Kier alpha value is -3.97. The van der Waals surface area contributed by atoms with E-state index in [1.54, 1.807) is 12.1 Å². The number of aromatic nitrogens is 1. The highest BCUT2D eigenvalue weighted by molar-refractivity contribution is 7.80. The van der Waals surface area contributed by atoms with Crippen molar-refractivity contribution in [2.24, 2.45) is 0 Å². The topological polar surface area (TPSA) is 80.3 Å². The van der Waals surface area contributed by atoms with Crippen LogP contribution >= 0.6 is 12.2 Å². The summed E-state index contributed by atoms with van der Waals surface area (Å²) in [6.45, 7) is 2.02. The van der Waals surface area contributed by atoms with Gasteiger partial charge in [0.2, 0.25) is 5.89 Å². The molecule has 152 valence electrons. The largest absolute Gasteiger partial charge is 0.451 e. The Bertz CT molecular complexity index is 1420. The Morgan fingerprint density at radius 1 is 0.935 bits per heavy atom. The van der Waals surface area contributed by atoms with Gasteiger partial charge >= 0.3 is 0 Å². The molecule has 2 aromatic heterocycles. The van der Waals surface area contributed by atoms with Crippen LogP contribution in [0, 0.1) is 6.92 Å². The monoisotopic (exact) mass is 427 g/mol. The van der Waals surface area contributed by atoms with Crippen molar-refractivity contribution in [3.05, 3.63) is 84.1 Å². The summed E-state index contributed by atoms with van der Waals surface area (Å²) in [6, 6.07) is 22.5. The van der Waals surface area contributed by atoms with Gasteiger partial charge in [0.1, 0.15) is 11.1 Å². The number of para-hydroxylation sites is 1. The Balaban J connectivity index is 1.31. The second-order valence-corrected chi connectivity index (χ2v) is 7.54. The molecule has 31 heavy (non-hydrogen) atoms. The number of nitrogens with one attached hydrogen (secondary N) is 2. The number of amides is 1. The lowest BCUT2D eigenvalue weighted by Gasteiger charge is -2.08. The third-order valence-corrected chi connectivity index (χ3v) is 4.99. The quantitative estimate of drug-likeness (QED) is 0.361. The number of aryl methyl sites for hydroxylation is 1. The standard InChI is InChI=1S/C24H17N3O3S/c1-14-5-4-7-16(11-14)23-26-18-13-17(9-10-20(18)30-23)25-24(31)27-22(28)21-12-15-6-2-3-8-19(15)29-21/h2-13H,1H3,(H2,25,27,28,31). The summed E-state index contributed by atoms with van der Waals surface area (Å²) in [5.74, 6) is 0.328.